The van der Waals surface area contributed by atoms with Crippen molar-refractivity contribution in [2.45, 2.75) is 61.3 Å². The molecule has 3 rings (SSSR count). The van der Waals surface area contributed by atoms with Crippen molar-refractivity contribution in [1.82, 2.24) is 4.90 Å². The largest absolute Gasteiger partial charge is 0.463 e. The van der Waals surface area contributed by atoms with Crippen LogP contribution in [0.25, 0.3) is 0 Å². The average molecular weight is 380 g/mol. The van der Waals surface area contributed by atoms with Crippen LogP contribution >= 0.6 is 0 Å². The van der Waals surface area contributed by atoms with E-state index >= 15 is 0 Å². The third kappa shape index (κ3) is 3.17. The number of nitrogens with zero attached hydrogens (tertiary/aromatic N) is 2. The third-order valence-corrected chi connectivity index (χ3v) is 4.95. The van der Waals surface area contributed by atoms with Gasteiger partial charge in [-0.2, -0.15) is 0 Å². The number of hydrogen-bond acceptors (Lipinski definition) is 11. The number of methoxy groups -OCH3 is 1. The molecule has 12 heteroatoms. The highest BCUT2D eigenvalue weighted by molar-refractivity contribution is 5.76. The maximum atomic E-state index is 10.1. The summed E-state index contributed by atoms with van der Waals surface area (Å²) in [5, 5.41) is 69.3. The summed E-state index contributed by atoms with van der Waals surface area (Å²) < 4.78 is 15.6. The molecule has 0 aromatic carbocycles. The van der Waals surface area contributed by atoms with Gasteiger partial charge in [0.05, 0.1) is 12.6 Å². The SMILES string of the molecule is CO[C@H]1O[C@H](CN=C2OC[C@@H]3[C@@H](O)[C@H](O)[C@H](O)[C@@H](O)N23)[C@@H](O)[C@H](O)[C@H]1O. The Kier molecular flexibility index (Phi) is 5.67. The lowest BCUT2D eigenvalue weighted by Gasteiger charge is -2.42. The Hall–Kier alpha value is -1.09. The first-order valence-electron chi connectivity index (χ1n) is 8.18. The van der Waals surface area contributed by atoms with Crippen molar-refractivity contribution in [3.8, 4) is 0 Å². The number of aliphatic imine (C=N–C) groups is 1. The zero-order chi connectivity index (χ0) is 19.2. The summed E-state index contributed by atoms with van der Waals surface area (Å²) in [5.41, 5.74) is 0. The van der Waals surface area contributed by atoms with E-state index in [0.29, 0.717) is 0 Å². The van der Waals surface area contributed by atoms with E-state index in [-0.39, 0.29) is 19.2 Å². The highest BCUT2D eigenvalue weighted by atomic mass is 16.7. The minimum absolute atomic E-state index is 0.0725. The number of piperidine rings is 1. The minimum Gasteiger partial charge on any atom is -0.463 e. The van der Waals surface area contributed by atoms with Crippen LogP contribution in [-0.4, -0.2) is 128 Å². The minimum atomic E-state index is -1.63. The van der Waals surface area contributed by atoms with Crippen molar-refractivity contribution < 1.29 is 50.0 Å². The second-order valence-corrected chi connectivity index (χ2v) is 6.54. The molecule has 26 heavy (non-hydrogen) atoms. The van der Waals surface area contributed by atoms with Gasteiger partial charge in [0, 0.05) is 7.11 Å². The molecule has 0 unspecified atom stereocenters. The quantitative estimate of drug-likeness (QED) is 0.248. The summed E-state index contributed by atoms with van der Waals surface area (Å²) in [6, 6.07) is -0.920. The molecule has 0 spiro atoms. The first-order chi connectivity index (χ1) is 12.3. The maximum Gasteiger partial charge on any atom is 0.290 e. The van der Waals surface area contributed by atoms with E-state index in [1.54, 1.807) is 0 Å². The monoisotopic (exact) mass is 380 g/mol. The Morgan fingerprint density at radius 2 is 1.62 bits per heavy atom. The molecule has 0 amide bonds. The number of aliphatic hydroxyl groups is 7. The lowest BCUT2D eigenvalue weighted by molar-refractivity contribution is -0.287. The van der Waals surface area contributed by atoms with Gasteiger partial charge in [0.1, 0.15) is 49.3 Å². The van der Waals surface area contributed by atoms with Crippen LogP contribution in [0.1, 0.15) is 0 Å². The van der Waals surface area contributed by atoms with Gasteiger partial charge in [-0.1, -0.05) is 0 Å². The van der Waals surface area contributed by atoms with Gasteiger partial charge in [0.15, 0.2) is 12.5 Å². The number of hydrogen-bond donors (Lipinski definition) is 7. The highest BCUT2D eigenvalue weighted by Crippen LogP contribution is 2.29. The fourth-order valence-electron chi connectivity index (χ4n) is 3.36. The van der Waals surface area contributed by atoms with Crippen LogP contribution in [0.4, 0.5) is 0 Å². The number of aliphatic hydroxyl groups excluding tert-OH is 7. The zero-order valence-electron chi connectivity index (χ0n) is 13.9. The Bertz CT molecular complexity index is 534. The van der Waals surface area contributed by atoms with E-state index in [4.69, 9.17) is 14.2 Å². The summed E-state index contributed by atoms with van der Waals surface area (Å²) in [6.45, 7) is -0.290. The van der Waals surface area contributed by atoms with Gasteiger partial charge < -0.3 is 50.0 Å². The van der Waals surface area contributed by atoms with Crippen molar-refractivity contribution in [2.75, 3.05) is 20.3 Å². The Labute approximate surface area is 148 Å². The normalized spacial score (nSPS) is 50.6. The molecule has 0 bridgehead atoms. The summed E-state index contributed by atoms with van der Waals surface area (Å²) >= 11 is 0. The van der Waals surface area contributed by atoms with Crippen LogP contribution in [0, 0.1) is 0 Å². The molecular formula is C14H24N2O10. The molecule has 3 heterocycles. The molecule has 10 atom stereocenters. The number of rotatable bonds is 3. The molecule has 0 aromatic rings. The van der Waals surface area contributed by atoms with Gasteiger partial charge in [-0.3, -0.25) is 4.90 Å². The molecule has 3 fully saturated rings. The summed E-state index contributed by atoms with van der Waals surface area (Å²) in [4.78, 5) is 5.21. The first-order valence-corrected chi connectivity index (χ1v) is 8.18. The molecule has 0 saturated carbocycles. The fraction of sp³-hybridized carbons (Fsp3) is 0.929. The molecule has 12 nitrogen and oxygen atoms in total. The molecule has 7 N–H and O–H groups in total. The molecule has 3 aliphatic rings. The Balaban J connectivity index is 1.72. The molecule has 3 saturated heterocycles. The van der Waals surface area contributed by atoms with Crippen molar-refractivity contribution in [2.24, 2.45) is 4.99 Å². The van der Waals surface area contributed by atoms with Gasteiger partial charge in [-0.15, -0.1) is 0 Å². The lowest BCUT2D eigenvalue weighted by atomic mass is 9.94. The fourth-order valence-corrected chi connectivity index (χ4v) is 3.36. The van der Waals surface area contributed by atoms with Crippen molar-refractivity contribution >= 4 is 6.02 Å². The zero-order valence-corrected chi connectivity index (χ0v) is 13.9. The first kappa shape index (κ1) is 19.7. The van der Waals surface area contributed by atoms with E-state index in [2.05, 4.69) is 4.99 Å². The maximum absolute atomic E-state index is 10.1. The third-order valence-electron chi connectivity index (χ3n) is 4.95. The van der Waals surface area contributed by atoms with Gasteiger partial charge in [0.2, 0.25) is 0 Å². The van der Waals surface area contributed by atoms with Crippen molar-refractivity contribution in [3.63, 3.8) is 0 Å². The predicted octanol–water partition coefficient (Wildman–Crippen LogP) is -5.09. The summed E-state index contributed by atoms with van der Waals surface area (Å²) in [6.07, 6.45) is -12.6. The van der Waals surface area contributed by atoms with Crippen LogP contribution in [0.5, 0.6) is 0 Å². The standard InChI is InChI=1S/C14H24N2O10/c1-24-13-11(22)9(20)7(18)5(26-13)2-15-14-16-4(3-25-14)6(17)8(19)10(21)12(16)23/h4-13,17-23H,2-3H2,1H3/t4-,5-,6-,7-,8+,9+,10+,11-,12-,13+/m1/s1. The van der Waals surface area contributed by atoms with Crippen LogP contribution < -0.4 is 0 Å². The highest BCUT2D eigenvalue weighted by Gasteiger charge is 2.52. The Morgan fingerprint density at radius 1 is 0.962 bits per heavy atom. The molecule has 0 radical (unpaired) electrons. The summed E-state index contributed by atoms with van der Waals surface area (Å²) in [7, 11) is 1.27. The Morgan fingerprint density at radius 3 is 2.27 bits per heavy atom. The summed E-state index contributed by atoms with van der Waals surface area (Å²) in [5.74, 6) is 0. The van der Waals surface area contributed by atoms with E-state index in [1.165, 1.54) is 7.11 Å². The van der Waals surface area contributed by atoms with Crippen LogP contribution in [0.2, 0.25) is 0 Å². The van der Waals surface area contributed by atoms with Gasteiger partial charge >= 0.3 is 0 Å². The van der Waals surface area contributed by atoms with Crippen molar-refractivity contribution in [1.29, 1.82) is 0 Å². The molecule has 0 aromatic heterocycles. The van der Waals surface area contributed by atoms with Crippen LogP contribution in [0.3, 0.4) is 0 Å². The molecule has 0 aliphatic carbocycles. The molecule has 150 valence electrons. The van der Waals surface area contributed by atoms with Gasteiger partial charge in [0.25, 0.3) is 6.02 Å². The average Bonchev–Trinajstić information content (AvgIpc) is 3.06. The number of amidine groups is 1. The van der Waals surface area contributed by atoms with E-state index < -0.39 is 61.3 Å². The number of ether oxygens (including phenoxy) is 3. The smallest absolute Gasteiger partial charge is 0.290 e. The number of fused-ring (bicyclic) bond motifs is 1. The van der Waals surface area contributed by atoms with Gasteiger partial charge in [-0.05, 0) is 0 Å². The van der Waals surface area contributed by atoms with Gasteiger partial charge in [-0.25, -0.2) is 4.99 Å². The lowest BCUT2D eigenvalue weighted by Crippen LogP contribution is -2.65. The molecular weight excluding hydrogens is 356 g/mol. The van der Waals surface area contributed by atoms with E-state index in [9.17, 15) is 35.7 Å². The second-order valence-electron chi connectivity index (χ2n) is 6.54. The van der Waals surface area contributed by atoms with E-state index in [1.807, 2.05) is 0 Å². The predicted molar refractivity (Wildman–Crippen MR) is 81.6 cm³/mol. The van der Waals surface area contributed by atoms with Crippen LogP contribution in [-0.2, 0) is 14.2 Å². The topological polar surface area (TPSA) is 185 Å². The van der Waals surface area contributed by atoms with Crippen LogP contribution in [0.15, 0.2) is 4.99 Å². The van der Waals surface area contributed by atoms with E-state index in [0.717, 1.165) is 4.90 Å². The second kappa shape index (κ2) is 7.50. The molecule has 3 aliphatic heterocycles. The van der Waals surface area contributed by atoms with Crippen molar-refractivity contribution in [3.05, 3.63) is 0 Å².